The molecule has 0 saturated heterocycles. The van der Waals surface area contributed by atoms with Crippen molar-refractivity contribution in [3.63, 3.8) is 0 Å². The second-order valence-corrected chi connectivity index (χ2v) is 8.93. The maximum absolute atomic E-state index is 12.7. The van der Waals surface area contributed by atoms with E-state index in [0.29, 0.717) is 30.4 Å². The van der Waals surface area contributed by atoms with E-state index in [9.17, 15) is 9.59 Å². The van der Waals surface area contributed by atoms with Gasteiger partial charge in [-0.15, -0.1) is 0 Å². The molecular weight excluding hydrogens is 456 g/mol. The molecule has 0 fully saturated rings. The average Bonchev–Trinajstić information content (AvgIpc) is 3.59. The number of hydrogen-bond donors (Lipinski definition) is 0. The standard InChI is InChI=1S/C29H28N2O5/c1-20(32)31-15-14-21-10-11-23(17-26(21)28(31)22-7-4-3-5-8-22)35-19-25-12-13-27(36-25)29(33)30(2)18-24-9-6-16-34-24/h3-13,16-17,28H,14-15,18-19H2,1-2H3. The van der Waals surface area contributed by atoms with Gasteiger partial charge in [0.15, 0.2) is 5.76 Å². The number of hydrogen-bond acceptors (Lipinski definition) is 5. The van der Waals surface area contributed by atoms with Crippen molar-refractivity contribution >= 4 is 11.8 Å². The summed E-state index contributed by atoms with van der Waals surface area (Å²) in [4.78, 5) is 28.6. The minimum Gasteiger partial charge on any atom is -0.486 e. The predicted octanol–water partition coefficient (Wildman–Crippen LogP) is 5.22. The van der Waals surface area contributed by atoms with Gasteiger partial charge in [0.1, 0.15) is 23.9 Å². The van der Waals surface area contributed by atoms with Crippen LogP contribution in [0.25, 0.3) is 0 Å². The topological polar surface area (TPSA) is 76.1 Å². The maximum Gasteiger partial charge on any atom is 0.289 e. The molecule has 1 aliphatic rings. The molecule has 0 spiro atoms. The van der Waals surface area contributed by atoms with Crippen LogP contribution in [-0.4, -0.2) is 35.2 Å². The molecule has 36 heavy (non-hydrogen) atoms. The Morgan fingerprint density at radius 3 is 2.61 bits per heavy atom. The van der Waals surface area contributed by atoms with Crippen molar-refractivity contribution in [2.45, 2.75) is 32.5 Å². The number of benzene rings is 2. The van der Waals surface area contributed by atoms with Gasteiger partial charge in [0.05, 0.1) is 18.8 Å². The fourth-order valence-corrected chi connectivity index (χ4v) is 4.64. The lowest BCUT2D eigenvalue weighted by atomic mass is 9.88. The molecule has 1 unspecified atom stereocenters. The van der Waals surface area contributed by atoms with Gasteiger partial charge < -0.3 is 23.4 Å². The third-order valence-corrected chi connectivity index (χ3v) is 6.44. The second kappa shape index (κ2) is 10.2. The largest absolute Gasteiger partial charge is 0.486 e. The Balaban J connectivity index is 1.30. The normalized spacial score (nSPS) is 14.8. The van der Waals surface area contributed by atoms with Crippen LogP contribution >= 0.6 is 0 Å². The Morgan fingerprint density at radius 1 is 1.03 bits per heavy atom. The number of furan rings is 2. The van der Waals surface area contributed by atoms with E-state index in [1.807, 2.05) is 53.4 Å². The Bertz CT molecular complexity index is 1340. The Hall–Kier alpha value is -4.26. The first-order valence-corrected chi connectivity index (χ1v) is 11.9. The van der Waals surface area contributed by atoms with Gasteiger partial charge in [-0.25, -0.2) is 0 Å². The monoisotopic (exact) mass is 484 g/mol. The molecule has 0 N–H and O–H groups in total. The highest BCUT2D eigenvalue weighted by atomic mass is 16.5. The van der Waals surface area contributed by atoms with E-state index in [0.717, 1.165) is 17.5 Å². The van der Waals surface area contributed by atoms with Crippen molar-refractivity contribution in [3.8, 4) is 5.75 Å². The third kappa shape index (κ3) is 4.91. The van der Waals surface area contributed by atoms with E-state index in [-0.39, 0.29) is 30.2 Å². The number of ether oxygens (including phenoxy) is 1. The fourth-order valence-electron chi connectivity index (χ4n) is 4.64. The minimum atomic E-state index is -0.235. The van der Waals surface area contributed by atoms with Crippen molar-refractivity contribution in [1.82, 2.24) is 9.80 Å². The smallest absolute Gasteiger partial charge is 0.289 e. The summed E-state index contributed by atoms with van der Waals surface area (Å²) in [5.74, 6) is 1.98. The summed E-state index contributed by atoms with van der Waals surface area (Å²) in [7, 11) is 1.70. The number of amides is 2. The molecule has 0 aliphatic carbocycles. The molecule has 0 bridgehead atoms. The minimum absolute atomic E-state index is 0.0469. The van der Waals surface area contributed by atoms with E-state index in [2.05, 4.69) is 6.07 Å². The van der Waals surface area contributed by atoms with Gasteiger partial charge in [0.2, 0.25) is 5.91 Å². The lowest BCUT2D eigenvalue weighted by Gasteiger charge is -2.37. The quantitative estimate of drug-likeness (QED) is 0.360. The molecule has 1 atom stereocenters. The van der Waals surface area contributed by atoms with Crippen molar-refractivity contribution in [2.24, 2.45) is 0 Å². The molecule has 0 radical (unpaired) electrons. The number of fused-ring (bicyclic) bond motifs is 1. The highest BCUT2D eigenvalue weighted by molar-refractivity contribution is 5.91. The van der Waals surface area contributed by atoms with Gasteiger partial charge in [-0.05, 0) is 59.5 Å². The molecule has 1 aliphatic heterocycles. The molecule has 2 amide bonds. The molecular formula is C29H28N2O5. The molecule has 2 aromatic carbocycles. The highest BCUT2D eigenvalue weighted by Gasteiger charge is 2.30. The van der Waals surface area contributed by atoms with Crippen LogP contribution in [0.15, 0.2) is 87.9 Å². The molecule has 2 aromatic heterocycles. The molecule has 7 nitrogen and oxygen atoms in total. The lowest BCUT2D eigenvalue weighted by Crippen LogP contribution is -2.39. The van der Waals surface area contributed by atoms with Crippen LogP contribution in [0.1, 0.15) is 51.7 Å². The lowest BCUT2D eigenvalue weighted by molar-refractivity contribution is -0.130. The summed E-state index contributed by atoms with van der Waals surface area (Å²) in [6, 6.07) is 22.9. The number of carbonyl (C=O) groups excluding carboxylic acids is 2. The van der Waals surface area contributed by atoms with Crippen LogP contribution in [0.2, 0.25) is 0 Å². The van der Waals surface area contributed by atoms with Gasteiger partial charge in [-0.3, -0.25) is 9.59 Å². The summed E-state index contributed by atoms with van der Waals surface area (Å²) < 4.78 is 17.1. The zero-order chi connectivity index (χ0) is 25.1. The van der Waals surface area contributed by atoms with Gasteiger partial charge in [-0.2, -0.15) is 0 Å². The SMILES string of the molecule is CC(=O)N1CCc2ccc(OCc3ccc(C(=O)N(C)Cc4ccco4)o3)cc2C1c1ccccc1. The Labute approximate surface area is 209 Å². The van der Waals surface area contributed by atoms with Gasteiger partial charge >= 0.3 is 0 Å². The van der Waals surface area contributed by atoms with E-state index in [4.69, 9.17) is 13.6 Å². The van der Waals surface area contributed by atoms with Crippen LogP contribution in [-0.2, 0) is 24.4 Å². The van der Waals surface area contributed by atoms with Crippen molar-refractivity contribution in [3.05, 3.63) is 113 Å². The summed E-state index contributed by atoms with van der Waals surface area (Å²) >= 11 is 0. The van der Waals surface area contributed by atoms with Crippen LogP contribution in [0.5, 0.6) is 5.75 Å². The number of rotatable bonds is 7. The van der Waals surface area contributed by atoms with Gasteiger partial charge in [-0.1, -0.05) is 36.4 Å². The fraction of sp³-hybridized carbons (Fsp3) is 0.241. The van der Waals surface area contributed by atoms with Crippen LogP contribution in [0.4, 0.5) is 0 Å². The molecule has 184 valence electrons. The molecule has 7 heteroatoms. The molecule has 3 heterocycles. The first-order valence-electron chi connectivity index (χ1n) is 11.9. The van der Waals surface area contributed by atoms with Gasteiger partial charge in [0, 0.05) is 20.5 Å². The second-order valence-electron chi connectivity index (χ2n) is 8.93. The van der Waals surface area contributed by atoms with E-state index < -0.39 is 0 Å². The molecule has 4 aromatic rings. The molecule has 5 rings (SSSR count). The van der Waals surface area contributed by atoms with E-state index >= 15 is 0 Å². The molecule has 0 saturated carbocycles. The Morgan fingerprint density at radius 2 is 1.86 bits per heavy atom. The summed E-state index contributed by atoms with van der Waals surface area (Å²) in [5.41, 5.74) is 3.34. The zero-order valence-electron chi connectivity index (χ0n) is 20.3. The van der Waals surface area contributed by atoms with E-state index in [1.54, 1.807) is 38.4 Å². The summed E-state index contributed by atoms with van der Waals surface area (Å²) in [6.45, 7) is 2.83. The number of nitrogens with zero attached hydrogens (tertiary/aromatic N) is 2. The van der Waals surface area contributed by atoms with E-state index in [1.165, 1.54) is 10.5 Å². The van der Waals surface area contributed by atoms with Crippen LogP contribution < -0.4 is 4.74 Å². The predicted molar refractivity (Wildman–Crippen MR) is 133 cm³/mol. The maximum atomic E-state index is 12.7. The van der Waals surface area contributed by atoms with Crippen molar-refractivity contribution in [2.75, 3.05) is 13.6 Å². The van der Waals surface area contributed by atoms with Gasteiger partial charge in [0.25, 0.3) is 5.91 Å². The van der Waals surface area contributed by atoms with Crippen LogP contribution in [0, 0.1) is 0 Å². The Kier molecular flexibility index (Phi) is 6.62. The summed E-state index contributed by atoms with van der Waals surface area (Å²) in [6.07, 6.45) is 2.38. The third-order valence-electron chi connectivity index (χ3n) is 6.44. The summed E-state index contributed by atoms with van der Waals surface area (Å²) in [5, 5.41) is 0. The average molecular weight is 485 g/mol. The zero-order valence-corrected chi connectivity index (χ0v) is 20.3. The van der Waals surface area contributed by atoms with Crippen molar-refractivity contribution in [1.29, 1.82) is 0 Å². The first kappa shape index (κ1) is 23.5. The van der Waals surface area contributed by atoms with Crippen molar-refractivity contribution < 1.29 is 23.2 Å². The van der Waals surface area contributed by atoms with Crippen LogP contribution in [0.3, 0.4) is 0 Å². The first-order chi connectivity index (χ1) is 17.5. The number of carbonyl (C=O) groups is 2. The highest BCUT2D eigenvalue weighted by Crippen LogP contribution is 2.37.